The van der Waals surface area contributed by atoms with Gasteiger partial charge in [0.1, 0.15) is 0 Å². The van der Waals surface area contributed by atoms with Gasteiger partial charge in [0.2, 0.25) is 0 Å². The number of halogens is 4. The van der Waals surface area contributed by atoms with Crippen LogP contribution in [0, 0.1) is 0 Å². The largest absolute Gasteiger partial charge is 0.416 e. The smallest absolute Gasteiger partial charge is 0.377 e. The number of nitrogens with two attached hydrogens (primary N) is 1. The molecule has 0 amide bonds. The van der Waals surface area contributed by atoms with E-state index >= 15 is 0 Å². The Morgan fingerprint density at radius 1 is 1.05 bits per heavy atom. The van der Waals surface area contributed by atoms with Crippen LogP contribution in [0.25, 0.3) is 0 Å². The Hall–Kier alpha value is -1.53. The Bertz CT molecular complexity index is 597. The van der Waals surface area contributed by atoms with Gasteiger partial charge in [-0.05, 0) is 35.9 Å². The molecule has 21 heavy (non-hydrogen) atoms. The number of hydrogen-bond donors (Lipinski definition) is 2. The van der Waals surface area contributed by atoms with Crippen LogP contribution in [0.5, 0.6) is 0 Å². The van der Waals surface area contributed by atoms with E-state index in [9.17, 15) is 13.2 Å². The third-order valence-electron chi connectivity index (χ3n) is 3.06. The van der Waals surface area contributed by atoms with Gasteiger partial charge >= 0.3 is 6.18 Å². The first-order valence-electron chi connectivity index (χ1n) is 6.30. The van der Waals surface area contributed by atoms with Crippen molar-refractivity contribution in [1.29, 1.82) is 0 Å². The molecule has 0 fully saturated rings. The molecule has 3 N–H and O–H groups in total. The molecule has 0 bridgehead atoms. The molecular weight excluding hydrogens is 345 g/mol. The fourth-order valence-electron chi connectivity index (χ4n) is 2.07. The van der Waals surface area contributed by atoms with Crippen LogP contribution in [0.4, 0.5) is 18.9 Å². The molecule has 2 nitrogen and oxygen atoms in total. The summed E-state index contributed by atoms with van der Waals surface area (Å²) < 4.78 is 40.1. The van der Waals surface area contributed by atoms with E-state index in [0.717, 1.165) is 10.5 Å². The Kier molecular flexibility index (Phi) is 4.90. The van der Waals surface area contributed by atoms with Gasteiger partial charge in [-0.2, -0.15) is 13.2 Å². The highest BCUT2D eigenvalue weighted by atomic mass is 79.9. The van der Waals surface area contributed by atoms with Gasteiger partial charge in [0.05, 0.1) is 11.6 Å². The monoisotopic (exact) mass is 358 g/mol. The maximum Gasteiger partial charge on any atom is 0.416 e. The van der Waals surface area contributed by atoms with E-state index in [-0.39, 0.29) is 12.1 Å². The zero-order chi connectivity index (χ0) is 15.5. The maximum absolute atomic E-state index is 13.1. The lowest BCUT2D eigenvalue weighted by Gasteiger charge is -2.22. The Morgan fingerprint density at radius 2 is 1.67 bits per heavy atom. The van der Waals surface area contributed by atoms with Crippen LogP contribution in [0.1, 0.15) is 17.2 Å². The fraction of sp³-hybridized carbons (Fsp3) is 0.200. The van der Waals surface area contributed by atoms with Crippen LogP contribution in [0.15, 0.2) is 53.0 Å². The Labute approximate surface area is 129 Å². The summed E-state index contributed by atoms with van der Waals surface area (Å²) in [5.41, 5.74) is 5.86. The highest BCUT2D eigenvalue weighted by molar-refractivity contribution is 9.10. The third-order valence-corrected chi connectivity index (χ3v) is 3.59. The summed E-state index contributed by atoms with van der Waals surface area (Å²) in [4.78, 5) is 0. The number of anilines is 1. The van der Waals surface area contributed by atoms with Crippen molar-refractivity contribution in [1.82, 2.24) is 0 Å². The summed E-state index contributed by atoms with van der Waals surface area (Å²) >= 11 is 3.31. The van der Waals surface area contributed by atoms with Gasteiger partial charge in [-0.15, -0.1) is 0 Å². The molecule has 0 spiro atoms. The molecule has 0 saturated carbocycles. The van der Waals surface area contributed by atoms with Gasteiger partial charge < -0.3 is 11.1 Å². The molecule has 1 atom stereocenters. The molecule has 2 rings (SSSR count). The topological polar surface area (TPSA) is 38.0 Å². The van der Waals surface area contributed by atoms with Gasteiger partial charge in [0.25, 0.3) is 0 Å². The van der Waals surface area contributed by atoms with Crippen molar-refractivity contribution in [2.45, 2.75) is 12.2 Å². The second-order valence-electron chi connectivity index (χ2n) is 4.52. The molecule has 0 aliphatic carbocycles. The summed E-state index contributed by atoms with van der Waals surface area (Å²) in [6.07, 6.45) is -4.40. The minimum absolute atomic E-state index is 0.0587. The van der Waals surface area contributed by atoms with Crippen molar-refractivity contribution in [3.05, 3.63) is 64.1 Å². The van der Waals surface area contributed by atoms with Gasteiger partial charge in [-0.25, -0.2) is 0 Å². The van der Waals surface area contributed by atoms with E-state index in [1.807, 2.05) is 12.1 Å². The van der Waals surface area contributed by atoms with Crippen LogP contribution in [-0.4, -0.2) is 6.54 Å². The molecule has 1 unspecified atom stereocenters. The minimum atomic E-state index is -4.40. The van der Waals surface area contributed by atoms with Crippen molar-refractivity contribution in [3.8, 4) is 0 Å². The first kappa shape index (κ1) is 15.9. The minimum Gasteiger partial charge on any atom is -0.377 e. The predicted octanol–water partition coefficient (Wildman–Crippen LogP) is 4.58. The average Bonchev–Trinajstić information content (AvgIpc) is 2.46. The van der Waals surface area contributed by atoms with Gasteiger partial charge in [-0.1, -0.05) is 34.1 Å². The van der Waals surface area contributed by atoms with E-state index in [4.69, 9.17) is 5.73 Å². The van der Waals surface area contributed by atoms with Crippen molar-refractivity contribution in [3.63, 3.8) is 0 Å². The zero-order valence-electron chi connectivity index (χ0n) is 11.0. The normalized spacial score (nSPS) is 13.0. The van der Waals surface area contributed by atoms with E-state index in [2.05, 4.69) is 21.2 Å². The van der Waals surface area contributed by atoms with Crippen LogP contribution in [-0.2, 0) is 6.18 Å². The van der Waals surface area contributed by atoms with Gasteiger partial charge in [0, 0.05) is 16.7 Å². The lowest BCUT2D eigenvalue weighted by Crippen LogP contribution is -2.24. The van der Waals surface area contributed by atoms with E-state index in [0.29, 0.717) is 5.69 Å². The summed E-state index contributed by atoms with van der Waals surface area (Å²) in [5, 5.41) is 3.04. The van der Waals surface area contributed by atoms with Crippen LogP contribution >= 0.6 is 15.9 Å². The average molecular weight is 359 g/mol. The van der Waals surface area contributed by atoms with Crippen LogP contribution in [0.3, 0.4) is 0 Å². The Balaban J connectivity index is 2.32. The number of alkyl halides is 3. The van der Waals surface area contributed by atoms with Crippen LogP contribution in [0.2, 0.25) is 0 Å². The third kappa shape index (κ3) is 3.98. The first-order valence-corrected chi connectivity index (χ1v) is 7.09. The van der Waals surface area contributed by atoms with E-state index in [1.165, 1.54) is 12.1 Å². The number of benzene rings is 2. The molecule has 6 heteroatoms. The molecule has 0 saturated heterocycles. The predicted molar refractivity (Wildman–Crippen MR) is 81.0 cm³/mol. The number of rotatable bonds is 4. The molecule has 0 aliphatic heterocycles. The molecule has 112 valence electrons. The Morgan fingerprint density at radius 3 is 2.24 bits per heavy atom. The molecule has 2 aromatic rings. The zero-order valence-corrected chi connectivity index (χ0v) is 12.6. The van der Waals surface area contributed by atoms with Crippen molar-refractivity contribution in [2.75, 3.05) is 11.9 Å². The highest BCUT2D eigenvalue weighted by Crippen LogP contribution is 2.35. The second kappa shape index (κ2) is 6.49. The van der Waals surface area contributed by atoms with Crippen LogP contribution < -0.4 is 11.1 Å². The summed E-state index contributed by atoms with van der Waals surface area (Å²) in [6.45, 7) is 0.0587. The standard InChI is InChI=1S/C15H14BrF3N2/c16-10-5-7-11(8-6-10)21-14(9-20)12-3-1-2-4-13(12)15(17,18)19/h1-8,14,21H,9,20H2. The number of nitrogens with one attached hydrogen (secondary N) is 1. The molecule has 0 aliphatic rings. The van der Waals surface area contributed by atoms with Gasteiger partial charge in [0.15, 0.2) is 0 Å². The van der Waals surface area contributed by atoms with E-state index < -0.39 is 17.8 Å². The van der Waals surface area contributed by atoms with Crippen molar-refractivity contribution < 1.29 is 13.2 Å². The first-order chi connectivity index (χ1) is 9.91. The number of hydrogen-bond acceptors (Lipinski definition) is 2. The maximum atomic E-state index is 13.1. The SMILES string of the molecule is NCC(Nc1ccc(Br)cc1)c1ccccc1C(F)(F)F. The summed E-state index contributed by atoms with van der Waals surface area (Å²) in [7, 11) is 0. The van der Waals surface area contributed by atoms with Gasteiger partial charge in [-0.3, -0.25) is 0 Å². The lowest BCUT2D eigenvalue weighted by molar-refractivity contribution is -0.138. The summed E-state index contributed by atoms with van der Waals surface area (Å²) in [5.74, 6) is 0. The molecule has 0 radical (unpaired) electrons. The van der Waals surface area contributed by atoms with Crippen molar-refractivity contribution >= 4 is 21.6 Å². The lowest BCUT2D eigenvalue weighted by atomic mass is 9.99. The molecule has 2 aromatic carbocycles. The fourth-order valence-corrected chi connectivity index (χ4v) is 2.33. The van der Waals surface area contributed by atoms with Crippen molar-refractivity contribution in [2.24, 2.45) is 5.73 Å². The highest BCUT2D eigenvalue weighted by Gasteiger charge is 2.34. The summed E-state index contributed by atoms with van der Waals surface area (Å²) in [6, 6.07) is 12.1. The van der Waals surface area contributed by atoms with E-state index in [1.54, 1.807) is 18.2 Å². The molecular formula is C15H14BrF3N2. The quantitative estimate of drug-likeness (QED) is 0.839. The second-order valence-corrected chi connectivity index (χ2v) is 5.44. The molecule has 0 aromatic heterocycles. The molecule has 0 heterocycles.